The van der Waals surface area contributed by atoms with Crippen LogP contribution in [0.5, 0.6) is 0 Å². The summed E-state index contributed by atoms with van der Waals surface area (Å²) in [4.78, 5) is 0. The van der Waals surface area contributed by atoms with Gasteiger partial charge in [-0.2, -0.15) is 0 Å². The monoisotopic (exact) mass is 216 g/mol. The average molecular weight is 216 g/mol. The third kappa shape index (κ3) is 3.10. The van der Waals surface area contributed by atoms with E-state index < -0.39 is 0 Å². The fourth-order valence-electron chi connectivity index (χ4n) is 3.20. The van der Waals surface area contributed by atoms with E-state index in [1.807, 2.05) is 0 Å². The van der Waals surface area contributed by atoms with Crippen LogP contribution in [0.4, 0.5) is 0 Å². The minimum absolute atomic E-state index is 0.999. The van der Waals surface area contributed by atoms with Crippen molar-refractivity contribution in [2.75, 3.05) is 0 Å². The molecule has 0 bridgehead atoms. The molecule has 0 amide bonds. The van der Waals surface area contributed by atoms with E-state index in [0.717, 1.165) is 11.8 Å². The second kappa shape index (κ2) is 6.08. The number of benzene rings is 1. The molecule has 1 aromatic carbocycles. The van der Waals surface area contributed by atoms with Crippen molar-refractivity contribution in [1.82, 2.24) is 0 Å². The Balaban J connectivity index is 1.84. The highest BCUT2D eigenvalue weighted by atomic mass is 14.3. The minimum atomic E-state index is 0.999. The van der Waals surface area contributed by atoms with E-state index in [0.29, 0.717) is 0 Å². The highest BCUT2D eigenvalue weighted by Crippen LogP contribution is 2.35. The number of rotatable bonds is 4. The summed E-state index contributed by atoms with van der Waals surface area (Å²) in [6, 6.07) is 11.0. The molecule has 2 atom stereocenters. The standard InChI is InChI=1S/C16H24/c1-2-15-10-6-7-11-16(15)13-12-14-8-4-3-5-9-14/h3-5,8-9,15-16H,2,6-7,10-13H2,1H3. The van der Waals surface area contributed by atoms with Gasteiger partial charge in [0.25, 0.3) is 0 Å². The van der Waals surface area contributed by atoms with Crippen molar-refractivity contribution >= 4 is 0 Å². The van der Waals surface area contributed by atoms with Crippen LogP contribution < -0.4 is 0 Å². The summed E-state index contributed by atoms with van der Waals surface area (Å²) in [5, 5.41) is 0. The third-order valence-corrected chi connectivity index (χ3v) is 4.24. The molecule has 16 heavy (non-hydrogen) atoms. The van der Waals surface area contributed by atoms with Crippen molar-refractivity contribution in [3.8, 4) is 0 Å². The molecule has 0 heterocycles. The Morgan fingerprint density at radius 1 is 1.00 bits per heavy atom. The highest BCUT2D eigenvalue weighted by Gasteiger charge is 2.22. The molecule has 0 nitrogen and oxygen atoms in total. The molecule has 1 saturated carbocycles. The van der Waals surface area contributed by atoms with Crippen molar-refractivity contribution < 1.29 is 0 Å². The van der Waals surface area contributed by atoms with Crippen LogP contribution in [0, 0.1) is 11.8 Å². The van der Waals surface area contributed by atoms with E-state index >= 15 is 0 Å². The van der Waals surface area contributed by atoms with Gasteiger partial charge in [-0.05, 0) is 30.2 Å². The van der Waals surface area contributed by atoms with Gasteiger partial charge in [-0.15, -0.1) is 0 Å². The molecule has 1 aromatic rings. The lowest BCUT2D eigenvalue weighted by Gasteiger charge is -2.30. The van der Waals surface area contributed by atoms with Crippen LogP contribution in [-0.4, -0.2) is 0 Å². The molecule has 0 saturated heterocycles. The van der Waals surface area contributed by atoms with Gasteiger partial charge in [0.05, 0.1) is 0 Å². The Labute approximate surface area is 100 Å². The van der Waals surface area contributed by atoms with E-state index in [1.54, 1.807) is 0 Å². The molecule has 0 N–H and O–H groups in total. The van der Waals surface area contributed by atoms with Gasteiger partial charge in [-0.1, -0.05) is 69.4 Å². The van der Waals surface area contributed by atoms with Crippen molar-refractivity contribution in [3.05, 3.63) is 35.9 Å². The fourth-order valence-corrected chi connectivity index (χ4v) is 3.20. The van der Waals surface area contributed by atoms with Crippen molar-refractivity contribution in [1.29, 1.82) is 0 Å². The molecular formula is C16H24. The van der Waals surface area contributed by atoms with E-state index in [1.165, 1.54) is 50.5 Å². The lowest BCUT2D eigenvalue weighted by molar-refractivity contribution is 0.218. The second-order valence-corrected chi connectivity index (χ2v) is 5.24. The Morgan fingerprint density at radius 2 is 1.69 bits per heavy atom. The third-order valence-electron chi connectivity index (χ3n) is 4.24. The van der Waals surface area contributed by atoms with Gasteiger partial charge in [0.2, 0.25) is 0 Å². The maximum atomic E-state index is 2.37. The SMILES string of the molecule is CCC1CCCCC1CCc1ccccc1. The summed E-state index contributed by atoms with van der Waals surface area (Å²) in [6.45, 7) is 2.37. The van der Waals surface area contributed by atoms with Gasteiger partial charge in [0.15, 0.2) is 0 Å². The predicted molar refractivity (Wildman–Crippen MR) is 70.5 cm³/mol. The number of aryl methyl sites for hydroxylation is 1. The van der Waals surface area contributed by atoms with Gasteiger partial charge < -0.3 is 0 Å². The predicted octanol–water partition coefficient (Wildman–Crippen LogP) is 4.84. The molecule has 0 radical (unpaired) electrons. The first-order chi connectivity index (χ1) is 7.90. The van der Waals surface area contributed by atoms with Gasteiger partial charge in [-0.3, -0.25) is 0 Å². The molecule has 2 unspecified atom stereocenters. The van der Waals surface area contributed by atoms with Gasteiger partial charge in [-0.25, -0.2) is 0 Å². The molecule has 0 aliphatic heterocycles. The lowest BCUT2D eigenvalue weighted by Crippen LogP contribution is -2.19. The zero-order chi connectivity index (χ0) is 11.2. The quantitative estimate of drug-likeness (QED) is 0.676. The van der Waals surface area contributed by atoms with Crippen LogP contribution in [0.1, 0.15) is 51.0 Å². The minimum Gasteiger partial charge on any atom is -0.0651 e. The Hall–Kier alpha value is -0.780. The Kier molecular flexibility index (Phi) is 4.44. The van der Waals surface area contributed by atoms with Crippen LogP contribution in [0.2, 0.25) is 0 Å². The summed E-state index contributed by atoms with van der Waals surface area (Å²) in [6.07, 6.45) is 9.97. The lowest BCUT2D eigenvalue weighted by atomic mass is 9.75. The molecule has 1 fully saturated rings. The first kappa shape index (κ1) is 11.7. The van der Waals surface area contributed by atoms with Crippen LogP contribution >= 0.6 is 0 Å². The highest BCUT2D eigenvalue weighted by molar-refractivity contribution is 5.14. The van der Waals surface area contributed by atoms with Crippen molar-refractivity contribution in [2.24, 2.45) is 11.8 Å². The summed E-state index contributed by atoms with van der Waals surface area (Å²) >= 11 is 0. The molecule has 2 rings (SSSR count). The van der Waals surface area contributed by atoms with E-state index in [-0.39, 0.29) is 0 Å². The number of hydrogen-bond donors (Lipinski definition) is 0. The molecule has 0 spiro atoms. The van der Waals surface area contributed by atoms with Gasteiger partial charge in [0.1, 0.15) is 0 Å². The fraction of sp³-hybridized carbons (Fsp3) is 0.625. The van der Waals surface area contributed by atoms with E-state index in [4.69, 9.17) is 0 Å². The zero-order valence-corrected chi connectivity index (χ0v) is 10.5. The molecule has 1 aliphatic rings. The van der Waals surface area contributed by atoms with Crippen LogP contribution in [0.3, 0.4) is 0 Å². The molecular weight excluding hydrogens is 192 g/mol. The molecule has 0 aromatic heterocycles. The van der Waals surface area contributed by atoms with Gasteiger partial charge in [0, 0.05) is 0 Å². The molecule has 0 heteroatoms. The first-order valence-corrected chi connectivity index (χ1v) is 6.94. The first-order valence-electron chi connectivity index (χ1n) is 6.94. The second-order valence-electron chi connectivity index (χ2n) is 5.24. The van der Waals surface area contributed by atoms with E-state index in [2.05, 4.69) is 37.3 Å². The summed E-state index contributed by atoms with van der Waals surface area (Å²) in [5.41, 5.74) is 1.52. The van der Waals surface area contributed by atoms with Gasteiger partial charge >= 0.3 is 0 Å². The summed E-state index contributed by atoms with van der Waals surface area (Å²) in [7, 11) is 0. The maximum absolute atomic E-state index is 2.37. The Bertz CT molecular complexity index is 288. The summed E-state index contributed by atoms with van der Waals surface area (Å²) < 4.78 is 0. The molecule has 1 aliphatic carbocycles. The Morgan fingerprint density at radius 3 is 2.38 bits per heavy atom. The number of hydrogen-bond acceptors (Lipinski definition) is 0. The summed E-state index contributed by atoms with van der Waals surface area (Å²) in [5.74, 6) is 2.01. The average Bonchev–Trinajstić information content (AvgIpc) is 2.38. The van der Waals surface area contributed by atoms with E-state index in [9.17, 15) is 0 Å². The largest absolute Gasteiger partial charge is 0.0651 e. The maximum Gasteiger partial charge on any atom is -0.0276 e. The van der Waals surface area contributed by atoms with Crippen LogP contribution in [0.25, 0.3) is 0 Å². The molecule has 88 valence electrons. The van der Waals surface area contributed by atoms with Crippen LogP contribution in [-0.2, 0) is 6.42 Å². The van der Waals surface area contributed by atoms with Crippen molar-refractivity contribution in [3.63, 3.8) is 0 Å². The topological polar surface area (TPSA) is 0 Å². The van der Waals surface area contributed by atoms with Crippen molar-refractivity contribution in [2.45, 2.75) is 51.9 Å². The smallest absolute Gasteiger partial charge is 0.0276 e. The zero-order valence-electron chi connectivity index (χ0n) is 10.5. The van der Waals surface area contributed by atoms with Crippen LogP contribution in [0.15, 0.2) is 30.3 Å². The normalized spacial score (nSPS) is 25.6.